The molecule has 1 saturated heterocycles. The Labute approximate surface area is 150 Å². The molecule has 130 valence electrons. The predicted octanol–water partition coefficient (Wildman–Crippen LogP) is 3.19. The molecule has 4 nitrogen and oxygen atoms in total. The molecule has 2 aromatic rings. The second-order valence-electron chi connectivity index (χ2n) is 6.03. The van der Waals surface area contributed by atoms with E-state index in [4.69, 9.17) is 11.6 Å². The lowest BCUT2D eigenvalue weighted by molar-refractivity contribution is -0.126. The van der Waals surface area contributed by atoms with Crippen LogP contribution in [0.4, 0.5) is 10.1 Å². The van der Waals surface area contributed by atoms with Crippen LogP contribution in [0.5, 0.6) is 0 Å². The number of anilines is 1. The zero-order chi connectivity index (χ0) is 17.8. The smallest absolute Gasteiger partial charge is 0.227 e. The average molecular weight is 361 g/mol. The third-order valence-electron chi connectivity index (χ3n) is 4.27. The van der Waals surface area contributed by atoms with Gasteiger partial charge in [0.2, 0.25) is 11.8 Å². The van der Waals surface area contributed by atoms with Gasteiger partial charge in [-0.1, -0.05) is 41.9 Å². The van der Waals surface area contributed by atoms with Crippen LogP contribution in [0.15, 0.2) is 48.5 Å². The van der Waals surface area contributed by atoms with Gasteiger partial charge in [0.1, 0.15) is 5.82 Å². The summed E-state index contributed by atoms with van der Waals surface area (Å²) in [5, 5.41) is 2.84. The number of carbonyl (C=O) groups excluding carboxylic acids is 2. The van der Waals surface area contributed by atoms with Gasteiger partial charge >= 0.3 is 0 Å². The fourth-order valence-electron chi connectivity index (χ4n) is 2.90. The van der Waals surface area contributed by atoms with E-state index in [2.05, 4.69) is 5.32 Å². The van der Waals surface area contributed by atoms with Gasteiger partial charge in [0, 0.05) is 25.2 Å². The third-order valence-corrected chi connectivity index (χ3v) is 4.56. The molecule has 1 atom stereocenters. The van der Waals surface area contributed by atoms with Crippen molar-refractivity contribution in [3.05, 3.63) is 64.9 Å². The van der Waals surface area contributed by atoms with Crippen molar-refractivity contribution in [2.24, 2.45) is 5.92 Å². The first-order chi connectivity index (χ1) is 12.0. The van der Waals surface area contributed by atoms with Crippen LogP contribution in [0.2, 0.25) is 5.02 Å². The number of carbonyl (C=O) groups is 2. The molecule has 2 aromatic carbocycles. The number of hydrogen-bond acceptors (Lipinski definition) is 2. The fourth-order valence-corrected chi connectivity index (χ4v) is 3.08. The maximum absolute atomic E-state index is 13.3. The SMILES string of the molecule is O=C(NCCc1ccccc1)[C@@H]1CC(=O)N(c2ccc(F)c(Cl)c2)C1. The van der Waals surface area contributed by atoms with Gasteiger partial charge in [0.25, 0.3) is 0 Å². The van der Waals surface area contributed by atoms with Gasteiger partial charge in [-0.2, -0.15) is 0 Å². The van der Waals surface area contributed by atoms with Crippen LogP contribution in [-0.4, -0.2) is 24.9 Å². The number of rotatable bonds is 5. The molecule has 6 heteroatoms. The highest BCUT2D eigenvalue weighted by molar-refractivity contribution is 6.31. The minimum absolute atomic E-state index is 0.0407. The summed E-state index contributed by atoms with van der Waals surface area (Å²) in [6, 6.07) is 14.0. The minimum Gasteiger partial charge on any atom is -0.355 e. The van der Waals surface area contributed by atoms with Crippen LogP contribution in [0.1, 0.15) is 12.0 Å². The summed E-state index contributed by atoms with van der Waals surface area (Å²) in [5.41, 5.74) is 1.66. The number of benzene rings is 2. The Morgan fingerprint density at radius 2 is 2.00 bits per heavy atom. The first-order valence-corrected chi connectivity index (χ1v) is 8.49. The maximum Gasteiger partial charge on any atom is 0.227 e. The number of nitrogens with one attached hydrogen (secondary N) is 1. The van der Waals surface area contributed by atoms with E-state index in [0.29, 0.717) is 12.2 Å². The molecule has 0 bridgehead atoms. The van der Waals surface area contributed by atoms with Gasteiger partial charge in [-0.25, -0.2) is 4.39 Å². The van der Waals surface area contributed by atoms with E-state index in [9.17, 15) is 14.0 Å². The van der Waals surface area contributed by atoms with E-state index in [0.717, 1.165) is 12.0 Å². The topological polar surface area (TPSA) is 49.4 Å². The van der Waals surface area contributed by atoms with Gasteiger partial charge in [0.15, 0.2) is 0 Å². The predicted molar refractivity (Wildman–Crippen MR) is 95.0 cm³/mol. The molecule has 1 aliphatic rings. The van der Waals surface area contributed by atoms with Gasteiger partial charge in [0.05, 0.1) is 10.9 Å². The molecular formula is C19H18ClFN2O2. The van der Waals surface area contributed by atoms with Crippen molar-refractivity contribution in [3.63, 3.8) is 0 Å². The van der Waals surface area contributed by atoms with Crippen LogP contribution in [0.3, 0.4) is 0 Å². The summed E-state index contributed by atoms with van der Waals surface area (Å²) in [6.45, 7) is 0.799. The van der Waals surface area contributed by atoms with Gasteiger partial charge < -0.3 is 10.2 Å². The highest BCUT2D eigenvalue weighted by atomic mass is 35.5. The normalized spacial score (nSPS) is 17.0. The highest BCUT2D eigenvalue weighted by Crippen LogP contribution is 2.28. The van der Waals surface area contributed by atoms with Crippen LogP contribution < -0.4 is 10.2 Å². The van der Waals surface area contributed by atoms with E-state index in [1.807, 2.05) is 30.3 Å². The summed E-state index contributed by atoms with van der Waals surface area (Å²) in [4.78, 5) is 26.0. The van der Waals surface area contributed by atoms with Crippen molar-refractivity contribution in [2.45, 2.75) is 12.8 Å². The lowest BCUT2D eigenvalue weighted by Gasteiger charge is -2.17. The lowest BCUT2D eigenvalue weighted by atomic mass is 10.1. The van der Waals surface area contributed by atoms with Crippen molar-refractivity contribution >= 4 is 29.1 Å². The first kappa shape index (κ1) is 17.4. The van der Waals surface area contributed by atoms with Gasteiger partial charge in [-0.3, -0.25) is 9.59 Å². The summed E-state index contributed by atoms with van der Waals surface area (Å²) >= 11 is 5.77. The molecule has 0 aliphatic carbocycles. The molecule has 25 heavy (non-hydrogen) atoms. The lowest BCUT2D eigenvalue weighted by Crippen LogP contribution is -2.34. The molecule has 1 heterocycles. The first-order valence-electron chi connectivity index (χ1n) is 8.11. The zero-order valence-electron chi connectivity index (χ0n) is 13.5. The third kappa shape index (κ3) is 4.17. The van der Waals surface area contributed by atoms with Crippen LogP contribution in [0.25, 0.3) is 0 Å². The number of hydrogen-bond donors (Lipinski definition) is 1. The molecule has 0 spiro atoms. The van der Waals surface area contributed by atoms with Crippen LogP contribution in [0, 0.1) is 11.7 Å². The average Bonchev–Trinajstić information content (AvgIpc) is 3.00. The Morgan fingerprint density at radius 3 is 2.72 bits per heavy atom. The minimum atomic E-state index is -0.535. The second-order valence-corrected chi connectivity index (χ2v) is 6.44. The molecular weight excluding hydrogens is 343 g/mol. The Morgan fingerprint density at radius 1 is 1.24 bits per heavy atom. The Bertz CT molecular complexity index is 782. The molecule has 1 N–H and O–H groups in total. The maximum atomic E-state index is 13.3. The van der Waals surface area contributed by atoms with Crippen molar-refractivity contribution in [3.8, 4) is 0 Å². The summed E-state index contributed by atoms with van der Waals surface area (Å²) < 4.78 is 13.3. The van der Waals surface area contributed by atoms with Gasteiger partial charge in [-0.05, 0) is 30.2 Å². The standard InChI is InChI=1S/C19H18ClFN2O2/c20-16-11-15(6-7-17(16)21)23-12-14(10-18(23)24)19(25)22-9-8-13-4-2-1-3-5-13/h1-7,11,14H,8-10,12H2,(H,22,25)/t14-/m1/s1. The fraction of sp³-hybridized carbons (Fsp3) is 0.263. The Balaban J connectivity index is 1.56. The van der Waals surface area contributed by atoms with Crippen molar-refractivity contribution < 1.29 is 14.0 Å². The van der Waals surface area contributed by atoms with E-state index >= 15 is 0 Å². The Kier molecular flexibility index (Phi) is 5.34. The molecule has 3 rings (SSSR count). The molecule has 2 amide bonds. The monoisotopic (exact) mass is 360 g/mol. The van der Waals surface area contributed by atoms with E-state index in [-0.39, 0.29) is 29.8 Å². The van der Waals surface area contributed by atoms with Crippen LogP contribution in [-0.2, 0) is 16.0 Å². The second kappa shape index (κ2) is 7.66. The number of amides is 2. The molecule has 1 aliphatic heterocycles. The summed E-state index contributed by atoms with van der Waals surface area (Å²) in [5.74, 6) is -1.25. The number of nitrogens with zero attached hydrogens (tertiary/aromatic N) is 1. The van der Waals surface area contributed by atoms with E-state index in [1.165, 1.54) is 23.1 Å². The zero-order valence-corrected chi connectivity index (χ0v) is 14.3. The quantitative estimate of drug-likeness (QED) is 0.890. The van der Waals surface area contributed by atoms with E-state index < -0.39 is 11.7 Å². The summed E-state index contributed by atoms with van der Waals surface area (Å²) in [7, 11) is 0. The van der Waals surface area contributed by atoms with Crippen molar-refractivity contribution in [1.82, 2.24) is 5.32 Å². The molecule has 0 unspecified atom stereocenters. The largest absolute Gasteiger partial charge is 0.355 e. The Hall–Kier alpha value is -2.40. The highest BCUT2D eigenvalue weighted by Gasteiger charge is 2.35. The molecule has 0 radical (unpaired) electrons. The van der Waals surface area contributed by atoms with Gasteiger partial charge in [-0.15, -0.1) is 0 Å². The molecule has 0 saturated carbocycles. The van der Waals surface area contributed by atoms with Crippen molar-refractivity contribution in [1.29, 1.82) is 0 Å². The molecule has 1 fully saturated rings. The summed E-state index contributed by atoms with van der Waals surface area (Å²) in [6.07, 6.45) is 0.886. The van der Waals surface area contributed by atoms with Crippen molar-refractivity contribution in [2.75, 3.05) is 18.0 Å². The van der Waals surface area contributed by atoms with Crippen LogP contribution >= 0.6 is 11.6 Å². The number of halogens is 2. The van der Waals surface area contributed by atoms with E-state index in [1.54, 1.807) is 0 Å². The molecule has 0 aromatic heterocycles.